The van der Waals surface area contributed by atoms with Crippen molar-refractivity contribution in [1.29, 1.82) is 0 Å². The van der Waals surface area contributed by atoms with Gasteiger partial charge in [0.1, 0.15) is 0 Å². The molecule has 1 fully saturated rings. The SMILES string of the molecule is CC(C)C1(CO)C[C@@H](C)[C@@H](C)C1. The van der Waals surface area contributed by atoms with Gasteiger partial charge in [-0.15, -0.1) is 0 Å². The minimum Gasteiger partial charge on any atom is -0.396 e. The molecule has 1 aliphatic rings. The molecule has 0 spiro atoms. The van der Waals surface area contributed by atoms with Crippen molar-refractivity contribution in [3.05, 3.63) is 0 Å². The number of aliphatic hydroxyl groups excluding tert-OH is 1. The lowest BCUT2D eigenvalue weighted by Crippen LogP contribution is -2.28. The molecule has 0 heterocycles. The average Bonchev–Trinajstić information content (AvgIpc) is 2.29. The van der Waals surface area contributed by atoms with Crippen molar-refractivity contribution in [1.82, 2.24) is 0 Å². The van der Waals surface area contributed by atoms with E-state index in [0.717, 1.165) is 11.8 Å². The summed E-state index contributed by atoms with van der Waals surface area (Å²) in [4.78, 5) is 0. The lowest BCUT2D eigenvalue weighted by atomic mass is 9.75. The summed E-state index contributed by atoms with van der Waals surface area (Å²) in [7, 11) is 0. The number of rotatable bonds is 2. The van der Waals surface area contributed by atoms with Crippen LogP contribution in [0.15, 0.2) is 0 Å². The van der Waals surface area contributed by atoms with E-state index in [0.29, 0.717) is 12.5 Å². The lowest BCUT2D eigenvalue weighted by Gasteiger charge is -2.31. The highest BCUT2D eigenvalue weighted by atomic mass is 16.3. The van der Waals surface area contributed by atoms with Crippen LogP contribution in [0.3, 0.4) is 0 Å². The first-order chi connectivity index (χ1) is 5.52. The fourth-order valence-electron chi connectivity index (χ4n) is 2.55. The van der Waals surface area contributed by atoms with Crippen LogP contribution in [0.5, 0.6) is 0 Å². The van der Waals surface area contributed by atoms with Gasteiger partial charge in [-0.2, -0.15) is 0 Å². The van der Waals surface area contributed by atoms with Crippen LogP contribution in [0, 0.1) is 23.2 Å². The van der Waals surface area contributed by atoms with E-state index in [1.165, 1.54) is 12.8 Å². The van der Waals surface area contributed by atoms with Gasteiger partial charge >= 0.3 is 0 Å². The van der Waals surface area contributed by atoms with Crippen molar-refractivity contribution in [3.8, 4) is 0 Å². The van der Waals surface area contributed by atoms with E-state index in [9.17, 15) is 5.11 Å². The van der Waals surface area contributed by atoms with Crippen LogP contribution in [-0.4, -0.2) is 11.7 Å². The second-order valence-corrected chi connectivity index (χ2v) is 5.04. The summed E-state index contributed by atoms with van der Waals surface area (Å²) in [6, 6.07) is 0. The van der Waals surface area contributed by atoms with Gasteiger partial charge in [-0.05, 0) is 36.0 Å². The molecular formula is C11H22O. The third-order valence-electron chi connectivity index (χ3n) is 3.97. The third kappa shape index (κ3) is 1.52. The van der Waals surface area contributed by atoms with Crippen LogP contribution >= 0.6 is 0 Å². The standard InChI is InChI=1S/C11H22O/c1-8(2)11(7-12)5-9(3)10(4)6-11/h8-10,12H,5-7H2,1-4H3/t9-,10+,11?. The summed E-state index contributed by atoms with van der Waals surface area (Å²) in [5.74, 6) is 2.20. The van der Waals surface area contributed by atoms with Crippen molar-refractivity contribution in [3.63, 3.8) is 0 Å². The Kier molecular flexibility index (Phi) is 2.82. The third-order valence-corrected chi connectivity index (χ3v) is 3.97. The molecule has 12 heavy (non-hydrogen) atoms. The van der Waals surface area contributed by atoms with Gasteiger partial charge < -0.3 is 5.11 Å². The molecule has 0 amide bonds. The lowest BCUT2D eigenvalue weighted by molar-refractivity contribution is 0.0771. The van der Waals surface area contributed by atoms with E-state index in [4.69, 9.17) is 0 Å². The van der Waals surface area contributed by atoms with E-state index in [1.807, 2.05) is 0 Å². The van der Waals surface area contributed by atoms with E-state index in [2.05, 4.69) is 27.7 Å². The minimum absolute atomic E-state index is 0.235. The molecule has 1 nitrogen and oxygen atoms in total. The first-order valence-electron chi connectivity index (χ1n) is 5.12. The van der Waals surface area contributed by atoms with E-state index in [1.54, 1.807) is 0 Å². The van der Waals surface area contributed by atoms with Crippen LogP contribution < -0.4 is 0 Å². The van der Waals surface area contributed by atoms with Crippen LogP contribution in [0.25, 0.3) is 0 Å². The molecule has 0 aliphatic heterocycles. The molecule has 0 radical (unpaired) electrons. The predicted molar refractivity (Wildman–Crippen MR) is 51.9 cm³/mol. The fraction of sp³-hybridized carbons (Fsp3) is 1.00. The number of hydrogen-bond donors (Lipinski definition) is 1. The van der Waals surface area contributed by atoms with Crippen LogP contribution in [0.2, 0.25) is 0 Å². The summed E-state index contributed by atoms with van der Waals surface area (Å²) in [6.07, 6.45) is 2.42. The smallest absolute Gasteiger partial charge is 0.0490 e. The Bertz CT molecular complexity index is 141. The Labute approximate surface area is 76.2 Å². The van der Waals surface area contributed by atoms with Gasteiger partial charge in [0.05, 0.1) is 0 Å². The first-order valence-corrected chi connectivity index (χ1v) is 5.12. The number of hydrogen-bond acceptors (Lipinski definition) is 1. The van der Waals surface area contributed by atoms with Gasteiger partial charge in [-0.3, -0.25) is 0 Å². The quantitative estimate of drug-likeness (QED) is 0.675. The molecule has 0 saturated heterocycles. The average molecular weight is 170 g/mol. The highest BCUT2D eigenvalue weighted by Gasteiger charge is 2.42. The van der Waals surface area contributed by atoms with Crippen LogP contribution in [0.1, 0.15) is 40.5 Å². The van der Waals surface area contributed by atoms with Gasteiger partial charge in [0.2, 0.25) is 0 Å². The van der Waals surface area contributed by atoms with E-state index >= 15 is 0 Å². The Hall–Kier alpha value is -0.0400. The Morgan fingerprint density at radius 2 is 1.67 bits per heavy atom. The molecule has 72 valence electrons. The zero-order valence-electron chi connectivity index (χ0n) is 8.80. The minimum atomic E-state index is 0.235. The van der Waals surface area contributed by atoms with Crippen molar-refractivity contribution in [2.24, 2.45) is 23.2 Å². The molecule has 1 aliphatic carbocycles. The van der Waals surface area contributed by atoms with E-state index < -0.39 is 0 Å². The van der Waals surface area contributed by atoms with Crippen molar-refractivity contribution < 1.29 is 5.11 Å². The molecule has 1 unspecified atom stereocenters. The molecule has 1 rings (SSSR count). The predicted octanol–water partition coefficient (Wildman–Crippen LogP) is 2.69. The maximum Gasteiger partial charge on any atom is 0.0490 e. The van der Waals surface area contributed by atoms with Gasteiger partial charge in [0.25, 0.3) is 0 Å². The summed E-state index contributed by atoms with van der Waals surface area (Å²) in [5.41, 5.74) is 0.235. The molecule has 1 heteroatoms. The Balaban J connectivity index is 2.71. The monoisotopic (exact) mass is 170 g/mol. The van der Waals surface area contributed by atoms with Gasteiger partial charge in [0.15, 0.2) is 0 Å². The van der Waals surface area contributed by atoms with Gasteiger partial charge in [0, 0.05) is 6.61 Å². The highest BCUT2D eigenvalue weighted by Crippen LogP contribution is 2.49. The molecule has 0 aromatic rings. The van der Waals surface area contributed by atoms with Crippen LogP contribution in [-0.2, 0) is 0 Å². The first kappa shape index (κ1) is 10.0. The highest BCUT2D eigenvalue weighted by molar-refractivity contribution is 4.92. The molecule has 1 saturated carbocycles. The fourth-order valence-corrected chi connectivity index (χ4v) is 2.55. The zero-order chi connectivity index (χ0) is 9.35. The molecule has 0 aromatic carbocycles. The van der Waals surface area contributed by atoms with E-state index in [-0.39, 0.29) is 5.41 Å². The summed E-state index contributed by atoms with van der Waals surface area (Å²) < 4.78 is 0. The molecule has 0 aromatic heterocycles. The molecular weight excluding hydrogens is 148 g/mol. The largest absolute Gasteiger partial charge is 0.396 e. The summed E-state index contributed by atoms with van der Waals surface area (Å²) in [5, 5.41) is 9.42. The maximum atomic E-state index is 9.42. The summed E-state index contributed by atoms with van der Waals surface area (Å²) >= 11 is 0. The van der Waals surface area contributed by atoms with Crippen molar-refractivity contribution >= 4 is 0 Å². The van der Waals surface area contributed by atoms with Crippen molar-refractivity contribution in [2.45, 2.75) is 40.5 Å². The second kappa shape index (κ2) is 3.37. The summed E-state index contributed by atoms with van der Waals surface area (Å²) in [6.45, 7) is 9.47. The molecule has 1 N–H and O–H groups in total. The second-order valence-electron chi connectivity index (χ2n) is 5.04. The van der Waals surface area contributed by atoms with Gasteiger partial charge in [-0.1, -0.05) is 27.7 Å². The Morgan fingerprint density at radius 3 is 1.83 bits per heavy atom. The molecule has 0 bridgehead atoms. The zero-order valence-corrected chi connectivity index (χ0v) is 8.80. The molecule has 3 atom stereocenters. The van der Waals surface area contributed by atoms with Crippen LogP contribution in [0.4, 0.5) is 0 Å². The normalized spacial score (nSPS) is 42.5. The number of aliphatic hydroxyl groups is 1. The van der Waals surface area contributed by atoms with Crippen molar-refractivity contribution in [2.75, 3.05) is 6.61 Å². The topological polar surface area (TPSA) is 20.2 Å². The van der Waals surface area contributed by atoms with Gasteiger partial charge in [-0.25, -0.2) is 0 Å². The maximum absolute atomic E-state index is 9.42. The Morgan fingerprint density at radius 1 is 1.25 bits per heavy atom.